The lowest BCUT2D eigenvalue weighted by molar-refractivity contribution is -0.143. The first-order chi connectivity index (χ1) is 8.49. The van der Waals surface area contributed by atoms with E-state index in [1.54, 1.807) is 18.7 Å². The van der Waals surface area contributed by atoms with E-state index in [0.717, 1.165) is 10.6 Å². The van der Waals surface area contributed by atoms with Crippen molar-refractivity contribution < 1.29 is 9.90 Å². The van der Waals surface area contributed by atoms with Gasteiger partial charge in [-0.1, -0.05) is 36.7 Å². The predicted octanol–water partition coefficient (Wildman–Crippen LogP) is 3.03. The molecule has 0 spiro atoms. The lowest BCUT2D eigenvalue weighted by Gasteiger charge is -2.25. The number of carboxylic acids is 1. The summed E-state index contributed by atoms with van der Waals surface area (Å²) >= 11 is 7.62. The minimum absolute atomic E-state index is 0.501. The van der Waals surface area contributed by atoms with E-state index in [1.165, 1.54) is 0 Å². The summed E-state index contributed by atoms with van der Waals surface area (Å²) in [6.07, 6.45) is 0. The number of nitrogens with one attached hydrogen (secondary N) is 1. The Morgan fingerprint density at radius 3 is 2.72 bits per heavy atom. The van der Waals surface area contributed by atoms with Gasteiger partial charge in [0.15, 0.2) is 0 Å². The van der Waals surface area contributed by atoms with Gasteiger partial charge in [-0.05, 0) is 25.1 Å². The van der Waals surface area contributed by atoms with Gasteiger partial charge < -0.3 is 10.4 Å². The van der Waals surface area contributed by atoms with E-state index in [0.29, 0.717) is 18.1 Å². The fourth-order valence-electron chi connectivity index (χ4n) is 1.56. The summed E-state index contributed by atoms with van der Waals surface area (Å²) in [6, 6.07) is 7.62. The number of benzene rings is 1. The van der Waals surface area contributed by atoms with E-state index in [1.807, 2.05) is 31.2 Å². The SMILES string of the molecule is CCNC(C)(CSCc1ccccc1Cl)C(=O)O. The summed E-state index contributed by atoms with van der Waals surface area (Å²) in [5.74, 6) is 0.394. The van der Waals surface area contributed by atoms with Crippen molar-refractivity contribution in [1.82, 2.24) is 5.32 Å². The van der Waals surface area contributed by atoms with Gasteiger partial charge in [0.25, 0.3) is 0 Å². The Morgan fingerprint density at radius 1 is 1.50 bits per heavy atom. The third-order valence-electron chi connectivity index (χ3n) is 2.65. The summed E-state index contributed by atoms with van der Waals surface area (Å²) in [6.45, 7) is 4.24. The monoisotopic (exact) mass is 287 g/mol. The Balaban J connectivity index is 2.54. The van der Waals surface area contributed by atoms with Gasteiger partial charge in [-0.2, -0.15) is 11.8 Å². The molecule has 0 radical (unpaired) electrons. The van der Waals surface area contributed by atoms with E-state index in [2.05, 4.69) is 5.32 Å². The molecule has 0 aliphatic heterocycles. The van der Waals surface area contributed by atoms with Gasteiger partial charge in [0.1, 0.15) is 5.54 Å². The van der Waals surface area contributed by atoms with Gasteiger partial charge >= 0.3 is 5.97 Å². The van der Waals surface area contributed by atoms with Crippen LogP contribution in [0.15, 0.2) is 24.3 Å². The molecule has 0 saturated carbocycles. The summed E-state index contributed by atoms with van der Waals surface area (Å²) in [4.78, 5) is 11.2. The third kappa shape index (κ3) is 4.19. The number of aliphatic carboxylic acids is 1. The lowest BCUT2D eigenvalue weighted by atomic mass is 10.1. The summed E-state index contributed by atoms with van der Waals surface area (Å²) < 4.78 is 0. The van der Waals surface area contributed by atoms with Crippen molar-refractivity contribution in [3.63, 3.8) is 0 Å². The van der Waals surface area contributed by atoms with Crippen molar-refractivity contribution in [1.29, 1.82) is 0 Å². The number of halogens is 1. The average Bonchev–Trinajstić information content (AvgIpc) is 2.32. The van der Waals surface area contributed by atoms with Crippen LogP contribution in [0.5, 0.6) is 0 Å². The smallest absolute Gasteiger partial charge is 0.324 e. The molecule has 2 N–H and O–H groups in total. The van der Waals surface area contributed by atoms with Crippen molar-refractivity contribution in [3.8, 4) is 0 Å². The van der Waals surface area contributed by atoms with E-state index < -0.39 is 11.5 Å². The number of carbonyl (C=O) groups is 1. The number of hydrogen-bond donors (Lipinski definition) is 2. The quantitative estimate of drug-likeness (QED) is 0.809. The first-order valence-electron chi connectivity index (χ1n) is 5.79. The molecule has 0 bridgehead atoms. The highest BCUT2D eigenvalue weighted by molar-refractivity contribution is 7.98. The molecule has 0 heterocycles. The maximum Gasteiger partial charge on any atom is 0.324 e. The average molecular weight is 288 g/mol. The van der Waals surface area contributed by atoms with Crippen molar-refractivity contribution in [2.24, 2.45) is 0 Å². The largest absolute Gasteiger partial charge is 0.480 e. The van der Waals surface area contributed by atoms with E-state index in [4.69, 9.17) is 11.6 Å². The topological polar surface area (TPSA) is 49.3 Å². The molecule has 1 unspecified atom stereocenters. The molecule has 100 valence electrons. The van der Waals surface area contributed by atoms with Crippen LogP contribution in [0.25, 0.3) is 0 Å². The first kappa shape index (κ1) is 15.3. The summed E-state index contributed by atoms with van der Waals surface area (Å²) in [7, 11) is 0. The lowest BCUT2D eigenvalue weighted by Crippen LogP contribution is -2.51. The molecule has 0 aliphatic carbocycles. The second-order valence-corrected chi connectivity index (χ2v) is 5.64. The molecule has 18 heavy (non-hydrogen) atoms. The minimum Gasteiger partial charge on any atom is -0.480 e. The molecule has 5 heteroatoms. The van der Waals surface area contributed by atoms with Gasteiger partial charge in [0.05, 0.1) is 0 Å². The fraction of sp³-hybridized carbons (Fsp3) is 0.462. The van der Waals surface area contributed by atoms with Crippen molar-refractivity contribution >= 4 is 29.3 Å². The van der Waals surface area contributed by atoms with Crippen LogP contribution in [0.3, 0.4) is 0 Å². The van der Waals surface area contributed by atoms with E-state index >= 15 is 0 Å². The number of carboxylic acid groups (broad SMARTS) is 1. The fourth-order valence-corrected chi connectivity index (χ4v) is 3.05. The number of likely N-dealkylation sites (N-methyl/N-ethyl adjacent to an activating group) is 1. The zero-order chi connectivity index (χ0) is 13.6. The van der Waals surface area contributed by atoms with Crippen molar-refractivity contribution in [2.75, 3.05) is 12.3 Å². The minimum atomic E-state index is -0.888. The second kappa shape index (κ2) is 7.02. The van der Waals surface area contributed by atoms with Gasteiger partial charge in [0.2, 0.25) is 0 Å². The normalized spacial score (nSPS) is 14.2. The Morgan fingerprint density at radius 2 is 2.17 bits per heavy atom. The van der Waals surface area contributed by atoms with Crippen LogP contribution < -0.4 is 5.32 Å². The van der Waals surface area contributed by atoms with Crippen LogP contribution in [0.4, 0.5) is 0 Å². The standard InChI is InChI=1S/C13H18ClNO2S/c1-3-15-13(2,12(16)17)9-18-8-10-6-4-5-7-11(10)14/h4-7,15H,3,8-9H2,1-2H3,(H,16,17). The highest BCUT2D eigenvalue weighted by Crippen LogP contribution is 2.23. The highest BCUT2D eigenvalue weighted by Gasteiger charge is 2.31. The molecule has 0 amide bonds. The van der Waals surface area contributed by atoms with Gasteiger partial charge in [-0.3, -0.25) is 4.79 Å². The van der Waals surface area contributed by atoms with Gasteiger partial charge in [0, 0.05) is 16.5 Å². The molecule has 1 rings (SSSR count). The van der Waals surface area contributed by atoms with Crippen molar-refractivity contribution in [3.05, 3.63) is 34.9 Å². The molecule has 0 aromatic heterocycles. The Hall–Kier alpha value is -0.710. The zero-order valence-electron chi connectivity index (χ0n) is 10.6. The molecule has 1 atom stereocenters. The van der Waals surface area contributed by atoms with Gasteiger partial charge in [-0.15, -0.1) is 0 Å². The highest BCUT2D eigenvalue weighted by atomic mass is 35.5. The van der Waals surface area contributed by atoms with Crippen LogP contribution in [0, 0.1) is 0 Å². The maximum atomic E-state index is 11.2. The Labute approximate surface area is 117 Å². The van der Waals surface area contributed by atoms with Crippen LogP contribution in [-0.4, -0.2) is 28.9 Å². The molecular weight excluding hydrogens is 270 g/mol. The molecule has 3 nitrogen and oxygen atoms in total. The molecule has 0 fully saturated rings. The molecule has 1 aromatic rings. The first-order valence-corrected chi connectivity index (χ1v) is 7.32. The van der Waals surface area contributed by atoms with E-state index in [9.17, 15) is 9.90 Å². The zero-order valence-corrected chi connectivity index (χ0v) is 12.1. The predicted molar refractivity (Wildman–Crippen MR) is 77.3 cm³/mol. The molecule has 0 saturated heterocycles. The number of thioether (sulfide) groups is 1. The Bertz CT molecular complexity index is 414. The van der Waals surface area contributed by atoms with Crippen molar-refractivity contribution in [2.45, 2.75) is 25.1 Å². The van der Waals surface area contributed by atoms with Gasteiger partial charge in [-0.25, -0.2) is 0 Å². The second-order valence-electron chi connectivity index (χ2n) is 4.25. The molecule has 0 aliphatic rings. The maximum absolute atomic E-state index is 11.2. The van der Waals surface area contributed by atoms with E-state index in [-0.39, 0.29) is 0 Å². The molecular formula is C13H18ClNO2S. The third-order valence-corrected chi connectivity index (χ3v) is 4.31. The van der Waals surface area contributed by atoms with Crippen LogP contribution in [0.2, 0.25) is 5.02 Å². The summed E-state index contributed by atoms with van der Waals surface area (Å²) in [5.41, 5.74) is 0.147. The van der Waals surface area contributed by atoms with Crippen LogP contribution >= 0.6 is 23.4 Å². The van der Waals surface area contributed by atoms with Crippen LogP contribution in [-0.2, 0) is 10.5 Å². The van der Waals surface area contributed by atoms with Crippen LogP contribution in [0.1, 0.15) is 19.4 Å². The molecule has 1 aromatic carbocycles. The number of rotatable bonds is 7. The number of hydrogen-bond acceptors (Lipinski definition) is 3. The summed E-state index contributed by atoms with van der Waals surface area (Å²) in [5, 5.41) is 12.9. The Kier molecular flexibility index (Phi) is 5.99.